The Labute approximate surface area is 221 Å². The van der Waals surface area contributed by atoms with Crippen molar-refractivity contribution in [1.82, 2.24) is 16.0 Å². The van der Waals surface area contributed by atoms with E-state index in [9.17, 15) is 34.2 Å². The summed E-state index contributed by atoms with van der Waals surface area (Å²) in [6.45, 7) is 3.77. The molecule has 0 aromatic heterocycles. The Hall–Kier alpha value is -3.71. The number of primary amides is 1. The number of carboxylic acid groups (broad SMARTS) is 1. The molecule has 0 saturated carbocycles. The monoisotopic (exact) mass is 536 g/mol. The van der Waals surface area contributed by atoms with Gasteiger partial charge >= 0.3 is 5.97 Å². The first-order chi connectivity index (χ1) is 17.9. The maximum Gasteiger partial charge on any atom is 0.326 e. The summed E-state index contributed by atoms with van der Waals surface area (Å²) in [7, 11) is 0. The third-order valence-corrected chi connectivity index (χ3v) is 6.12. The van der Waals surface area contributed by atoms with Gasteiger partial charge in [0, 0.05) is 0 Å². The molecular weight excluding hydrogens is 496 g/mol. The lowest BCUT2D eigenvalue weighted by Crippen LogP contribution is -2.58. The Bertz CT molecular complexity index is 956. The lowest BCUT2D eigenvalue weighted by atomic mass is 9.98. The van der Waals surface area contributed by atoms with Crippen LogP contribution in [0, 0.1) is 5.92 Å². The number of aliphatic carboxylic acids is 1. The van der Waals surface area contributed by atoms with Crippen LogP contribution in [0.1, 0.15) is 51.5 Å². The number of unbranched alkanes of at least 4 members (excludes halogenated alkanes) is 1. The minimum absolute atomic E-state index is 0.0665. The maximum atomic E-state index is 13.1. The lowest BCUT2D eigenvalue weighted by molar-refractivity contribution is -0.144. The highest BCUT2D eigenvalue weighted by Gasteiger charge is 2.32. The fourth-order valence-corrected chi connectivity index (χ4v) is 3.64. The highest BCUT2D eigenvalue weighted by Crippen LogP contribution is 2.12. The highest BCUT2D eigenvalue weighted by atomic mass is 16.4. The minimum atomic E-state index is -1.45. The van der Waals surface area contributed by atoms with Gasteiger partial charge in [-0.2, -0.15) is 0 Å². The molecule has 5 atom stereocenters. The third-order valence-electron chi connectivity index (χ3n) is 6.12. The second-order valence-electron chi connectivity index (χ2n) is 9.26. The van der Waals surface area contributed by atoms with Gasteiger partial charge in [0.25, 0.3) is 0 Å². The fourth-order valence-electron chi connectivity index (χ4n) is 3.64. The van der Waals surface area contributed by atoms with Crippen LogP contribution < -0.4 is 33.2 Å². The molecule has 13 heteroatoms. The molecule has 0 bridgehead atoms. The lowest BCUT2D eigenvalue weighted by Gasteiger charge is -2.26. The Morgan fingerprint density at radius 2 is 1.50 bits per heavy atom. The number of aromatic hydroxyl groups is 1. The summed E-state index contributed by atoms with van der Waals surface area (Å²) in [5, 5.41) is 26.2. The average Bonchev–Trinajstić information content (AvgIpc) is 2.86. The average molecular weight is 537 g/mol. The molecule has 0 aliphatic rings. The molecule has 0 saturated heterocycles. The standard InChI is InChI=1S/C25H40N6O7/c1-3-14(2)21(25(37)38)31-24(36)19(13-20(28)33)30-23(35)18(6-4-5-11-26)29-22(34)17(27)12-15-7-9-16(32)10-8-15/h7-10,14,17-19,21,32H,3-6,11-13,26-27H2,1-2H3,(H2,28,33)(H,29,34)(H,30,35)(H,31,36)(H,37,38). The summed E-state index contributed by atoms with van der Waals surface area (Å²) in [6.07, 6.45) is 1.25. The van der Waals surface area contributed by atoms with Gasteiger partial charge in [-0.05, 0) is 55.8 Å². The van der Waals surface area contributed by atoms with Gasteiger partial charge in [0.1, 0.15) is 23.9 Å². The Morgan fingerprint density at radius 3 is 2.03 bits per heavy atom. The number of carboxylic acids is 1. The van der Waals surface area contributed by atoms with Gasteiger partial charge in [-0.25, -0.2) is 4.79 Å². The minimum Gasteiger partial charge on any atom is -0.508 e. The molecule has 0 spiro atoms. The van der Waals surface area contributed by atoms with Gasteiger partial charge in [-0.1, -0.05) is 32.4 Å². The van der Waals surface area contributed by atoms with E-state index >= 15 is 0 Å². The van der Waals surface area contributed by atoms with E-state index in [0.717, 1.165) is 0 Å². The van der Waals surface area contributed by atoms with Crippen molar-refractivity contribution in [1.29, 1.82) is 0 Å². The zero-order valence-corrected chi connectivity index (χ0v) is 21.8. The molecule has 0 heterocycles. The number of benzene rings is 1. The van der Waals surface area contributed by atoms with Crippen LogP contribution in [0.2, 0.25) is 0 Å². The van der Waals surface area contributed by atoms with E-state index in [0.29, 0.717) is 31.4 Å². The quantitative estimate of drug-likeness (QED) is 0.112. The summed E-state index contributed by atoms with van der Waals surface area (Å²) in [5.74, 6) is -4.77. The zero-order valence-electron chi connectivity index (χ0n) is 21.8. The molecule has 0 aliphatic heterocycles. The van der Waals surface area contributed by atoms with Crippen LogP contribution >= 0.6 is 0 Å². The maximum absolute atomic E-state index is 13.1. The summed E-state index contributed by atoms with van der Waals surface area (Å²) in [6, 6.07) is 1.35. The van der Waals surface area contributed by atoms with Crippen molar-refractivity contribution >= 4 is 29.6 Å². The number of carbonyl (C=O) groups is 5. The Morgan fingerprint density at radius 1 is 0.921 bits per heavy atom. The van der Waals surface area contributed by atoms with Crippen LogP contribution in [-0.4, -0.2) is 70.5 Å². The van der Waals surface area contributed by atoms with Gasteiger partial charge < -0.3 is 43.4 Å². The number of hydrogen-bond donors (Lipinski definition) is 8. The first-order valence-electron chi connectivity index (χ1n) is 12.5. The van der Waals surface area contributed by atoms with Crippen LogP contribution in [0.4, 0.5) is 0 Å². The summed E-state index contributed by atoms with van der Waals surface area (Å²) < 4.78 is 0. The van der Waals surface area contributed by atoms with E-state index in [1.807, 2.05) is 0 Å². The van der Waals surface area contributed by atoms with Crippen LogP contribution in [0.15, 0.2) is 24.3 Å². The molecule has 1 rings (SSSR count). The summed E-state index contributed by atoms with van der Waals surface area (Å²) >= 11 is 0. The van der Waals surface area contributed by atoms with E-state index < -0.39 is 66.1 Å². The molecule has 0 aliphatic carbocycles. The largest absolute Gasteiger partial charge is 0.508 e. The molecular formula is C25H40N6O7. The number of phenolic OH excluding ortho intramolecular Hbond substituents is 1. The van der Waals surface area contributed by atoms with Crippen molar-refractivity contribution in [3.8, 4) is 5.75 Å². The van der Waals surface area contributed by atoms with Gasteiger partial charge in [-0.3, -0.25) is 19.2 Å². The van der Waals surface area contributed by atoms with Crippen molar-refractivity contribution in [2.75, 3.05) is 6.54 Å². The van der Waals surface area contributed by atoms with Crippen molar-refractivity contribution in [2.24, 2.45) is 23.1 Å². The number of nitrogens with one attached hydrogen (secondary N) is 3. The van der Waals surface area contributed by atoms with E-state index in [2.05, 4.69) is 16.0 Å². The molecule has 212 valence electrons. The molecule has 4 amide bonds. The van der Waals surface area contributed by atoms with E-state index in [1.165, 1.54) is 12.1 Å². The molecule has 5 unspecified atom stereocenters. The molecule has 1 aromatic carbocycles. The van der Waals surface area contributed by atoms with E-state index in [-0.39, 0.29) is 18.6 Å². The number of carbonyl (C=O) groups excluding carboxylic acids is 4. The smallest absolute Gasteiger partial charge is 0.326 e. The van der Waals surface area contributed by atoms with Crippen molar-refractivity contribution < 1.29 is 34.2 Å². The second-order valence-corrected chi connectivity index (χ2v) is 9.26. The molecule has 1 aromatic rings. The first-order valence-corrected chi connectivity index (χ1v) is 12.5. The topological polar surface area (TPSA) is 240 Å². The van der Waals surface area contributed by atoms with Crippen LogP contribution in [0.25, 0.3) is 0 Å². The molecule has 38 heavy (non-hydrogen) atoms. The van der Waals surface area contributed by atoms with Crippen molar-refractivity contribution in [3.63, 3.8) is 0 Å². The number of phenols is 1. The second kappa shape index (κ2) is 16.2. The van der Waals surface area contributed by atoms with Crippen LogP contribution in [0.5, 0.6) is 5.75 Å². The normalized spacial score (nSPS) is 14.8. The number of amides is 4. The molecule has 0 fully saturated rings. The van der Waals surface area contributed by atoms with Crippen molar-refractivity contribution in [3.05, 3.63) is 29.8 Å². The SMILES string of the molecule is CCC(C)C(NC(=O)C(CC(N)=O)NC(=O)C(CCCCN)NC(=O)C(N)Cc1ccc(O)cc1)C(=O)O. The predicted octanol–water partition coefficient (Wildman–Crippen LogP) is -1.15. The van der Waals surface area contributed by atoms with Gasteiger partial charge in [0.15, 0.2) is 0 Å². The van der Waals surface area contributed by atoms with E-state index in [1.54, 1.807) is 26.0 Å². The van der Waals surface area contributed by atoms with Gasteiger partial charge in [0.2, 0.25) is 23.6 Å². The highest BCUT2D eigenvalue weighted by molar-refractivity contribution is 5.96. The Kier molecular flexibility index (Phi) is 13.8. The number of nitrogens with two attached hydrogens (primary N) is 3. The number of rotatable bonds is 17. The fraction of sp³-hybridized carbons (Fsp3) is 0.560. The predicted molar refractivity (Wildman–Crippen MR) is 139 cm³/mol. The summed E-state index contributed by atoms with van der Waals surface area (Å²) in [5.41, 5.74) is 17.5. The summed E-state index contributed by atoms with van der Waals surface area (Å²) in [4.78, 5) is 62.0. The van der Waals surface area contributed by atoms with Crippen LogP contribution in [0.3, 0.4) is 0 Å². The van der Waals surface area contributed by atoms with Crippen molar-refractivity contribution in [2.45, 2.75) is 76.5 Å². The molecule has 11 N–H and O–H groups in total. The zero-order chi connectivity index (χ0) is 28.8. The van der Waals surface area contributed by atoms with Gasteiger partial charge in [0.05, 0.1) is 12.5 Å². The van der Waals surface area contributed by atoms with Crippen LogP contribution in [-0.2, 0) is 30.4 Å². The van der Waals surface area contributed by atoms with E-state index in [4.69, 9.17) is 17.2 Å². The first kappa shape index (κ1) is 32.3. The van der Waals surface area contributed by atoms with Gasteiger partial charge in [-0.15, -0.1) is 0 Å². The molecule has 0 radical (unpaired) electrons. The molecule has 13 nitrogen and oxygen atoms in total. The number of hydrogen-bond acceptors (Lipinski definition) is 8. The Balaban J connectivity index is 3.00. The third kappa shape index (κ3) is 11.1.